The molecule has 0 heterocycles. The maximum absolute atomic E-state index is 13.8. The smallest absolute Gasteiger partial charge is 0.264 e. The number of nitrogens with one attached hydrogen (secondary N) is 1. The summed E-state index contributed by atoms with van der Waals surface area (Å²) in [6, 6.07) is 18.9. The van der Waals surface area contributed by atoms with Crippen molar-refractivity contribution in [3.63, 3.8) is 0 Å². The van der Waals surface area contributed by atoms with Gasteiger partial charge in [0.15, 0.2) is 0 Å². The summed E-state index contributed by atoms with van der Waals surface area (Å²) in [6.07, 6.45) is 0. The number of halogens is 2. The van der Waals surface area contributed by atoms with E-state index in [0.29, 0.717) is 21.3 Å². The maximum Gasteiger partial charge on any atom is 0.264 e. The Morgan fingerprint density at radius 3 is 2.11 bits per heavy atom. The Hall–Kier alpha value is -3.07. The van der Waals surface area contributed by atoms with Crippen LogP contribution in [0.5, 0.6) is 0 Å². The highest BCUT2D eigenvalue weighted by Gasteiger charge is 2.32. The Kier molecular flexibility index (Phi) is 9.82. The second kappa shape index (κ2) is 12.7. The van der Waals surface area contributed by atoms with Crippen molar-refractivity contribution >= 4 is 50.7 Å². The van der Waals surface area contributed by atoms with Crippen molar-refractivity contribution in [2.45, 2.75) is 44.2 Å². The van der Waals surface area contributed by atoms with Crippen LogP contribution in [0.3, 0.4) is 0 Å². The minimum Gasteiger partial charge on any atom is -0.357 e. The van der Waals surface area contributed by atoms with Gasteiger partial charge in [0.2, 0.25) is 11.8 Å². The van der Waals surface area contributed by atoms with E-state index >= 15 is 0 Å². The van der Waals surface area contributed by atoms with Crippen LogP contribution >= 0.6 is 23.2 Å². The molecule has 0 radical (unpaired) electrons. The van der Waals surface area contributed by atoms with Crippen molar-refractivity contribution in [2.75, 3.05) is 17.9 Å². The molecule has 0 aliphatic rings. The predicted molar refractivity (Wildman–Crippen MR) is 152 cm³/mol. The molecule has 0 fully saturated rings. The third-order valence-corrected chi connectivity index (χ3v) is 8.60. The highest BCUT2D eigenvalue weighted by molar-refractivity contribution is 7.92. The molecule has 0 unspecified atom stereocenters. The Labute approximate surface area is 234 Å². The predicted octanol–water partition coefficient (Wildman–Crippen LogP) is 5.48. The van der Waals surface area contributed by atoms with Gasteiger partial charge in [-0.05, 0) is 60.4 Å². The lowest BCUT2D eigenvalue weighted by Crippen LogP contribution is -2.50. The van der Waals surface area contributed by atoms with Gasteiger partial charge in [0, 0.05) is 23.6 Å². The summed E-state index contributed by atoms with van der Waals surface area (Å²) in [7, 11) is -2.64. The van der Waals surface area contributed by atoms with Crippen molar-refractivity contribution in [3.05, 3.63) is 94.0 Å². The van der Waals surface area contributed by atoms with E-state index in [2.05, 4.69) is 5.32 Å². The fourth-order valence-corrected chi connectivity index (χ4v) is 5.80. The van der Waals surface area contributed by atoms with Crippen LogP contribution in [0.2, 0.25) is 10.0 Å². The first-order valence-electron chi connectivity index (χ1n) is 12.1. The second-order valence-corrected chi connectivity index (χ2v) is 11.8. The van der Waals surface area contributed by atoms with Crippen LogP contribution < -0.4 is 9.62 Å². The number of benzene rings is 3. The second-order valence-electron chi connectivity index (χ2n) is 9.12. The normalized spacial score (nSPS) is 12.2. The Balaban J connectivity index is 2.05. The van der Waals surface area contributed by atoms with Crippen molar-refractivity contribution in [3.8, 4) is 0 Å². The molecule has 0 aliphatic heterocycles. The van der Waals surface area contributed by atoms with Crippen molar-refractivity contribution in [1.29, 1.82) is 0 Å². The zero-order chi connectivity index (χ0) is 28.0. The van der Waals surface area contributed by atoms with Crippen LogP contribution in [0.15, 0.2) is 77.7 Å². The number of nitrogens with zero attached hydrogens (tertiary/aromatic N) is 2. The van der Waals surface area contributed by atoms with E-state index in [4.69, 9.17) is 23.2 Å². The van der Waals surface area contributed by atoms with Crippen LogP contribution in [0.25, 0.3) is 0 Å². The fraction of sp³-hybridized carbons (Fsp3) is 0.286. The largest absolute Gasteiger partial charge is 0.357 e. The minimum atomic E-state index is -4.11. The molecule has 10 heteroatoms. The lowest BCUT2D eigenvalue weighted by molar-refractivity contribution is -0.139. The van der Waals surface area contributed by atoms with Crippen LogP contribution in [-0.4, -0.2) is 44.8 Å². The quantitative estimate of drug-likeness (QED) is 0.347. The third-order valence-electron chi connectivity index (χ3n) is 6.23. The van der Waals surface area contributed by atoms with Gasteiger partial charge in [-0.3, -0.25) is 13.9 Å². The first-order chi connectivity index (χ1) is 17.9. The zero-order valence-corrected chi connectivity index (χ0v) is 24.0. The minimum absolute atomic E-state index is 0.0189. The van der Waals surface area contributed by atoms with Crippen LogP contribution in [-0.2, 0) is 26.2 Å². The monoisotopic (exact) mass is 575 g/mol. The summed E-state index contributed by atoms with van der Waals surface area (Å²) < 4.78 is 28.6. The van der Waals surface area contributed by atoms with E-state index in [0.717, 1.165) is 9.87 Å². The van der Waals surface area contributed by atoms with Gasteiger partial charge in [-0.1, -0.05) is 73.4 Å². The standard InChI is InChI=1S/C28H31Cl2N3O4S/c1-19(2)21-11-14-24(15-12-21)33(38(36,37)25-8-6-5-7-9-25)18-27(34)32(20(3)28(35)31-4)17-22-10-13-23(29)16-26(22)30/h5-16,19-20H,17-18H2,1-4H3,(H,31,35)/t20-/m1/s1. The van der Waals surface area contributed by atoms with E-state index < -0.39 is 34.4 Å². The molecule has 0 saturated carbocycles. The molecule has 2 amide bonds. The first-order valence-corrected chi connectivity index (χ1v) is 14.3. The van der Waals surface area contributed by atoms with Gasteiger partial charge in [-0.25, -0.2) is 8.42 Å². The van der Waals surface area contributed by atoms with Crippen LogP contribution in [0.4, 0.5) is 5.69 Å². The molecule has 3 aromatic carbocycles. The van der Waals surface area contributed by atoms with Gasteiger partial charge in [-0.2, -0.15) is 0 Å². The number of likely N-dealkylation sites (N-methyl/N-ethyl adjacent to an activating group) is 1. The number of carbonyl (C=O) groups excluding carboxylic acids is 2. The molecular formula is C28H31Cl2N3O4S. The highest BCUT2D eigenvalue weighted by atomic mass is 35.5. The van der Waals surface area contributed by atoms with Crippen molar-refractivity contribution < 1.29 is 18.0 Å². The van der Waals surface area contributed by atoms with E-state index in [-0.39, 0.29) is 17.4 Å². The number of sulfonamides is 1. The molecule has 202 valence electrons. The van der Waals surface area contributed by atoms with Gasteiger partial charge in [-0.15, -0.1) is 0 Å². The van der Waals surface area contributed by atoms with Crippen molar-refractivity contribution in [2.24, 2.45) is 0 Å². The molecular weight excluding hydrogens is 545 g/mol. The average Bonchev–Trinajstić information content (AvgIpc) is 2.90. The third kappa shape index (κ3) is 6.87. The molecule has 0 spiro atoms. The highest BCUT2D eigenvalue weighted by Crippen LogP contribution is 2.27. The molecule has 1 N–H and O–H groups in total. The lowest BCUT2D eigenvalue weighted by Gasteiger charge is -2.32. The number of rotatable bonds is 10. The molecule has 0 aromatic heterocycles. The number of hydrogen-bond donors (Lipinski definition) is 1. The number of amides is 2. The summed E-state index contributed by atoms with van der Waals surface area (Å²) >= 11 is 12.4. The van der Waals surface area contributed by atoms with Crippen LogP contribution in [0, 0.1) is 0 Å². The number of hydrogen-bond acceptors (Lipinski definition) is 4. The van der Waals surface area contributed by atoms with E-state index in [9.17, 15) is 18.0 Å². The summed E-state index contributed by atoms with van der Waals surface area (Å²) in [5.41, 5.74) is 1.94. The molecule has 0 bridgehead atoms. The first kappa shape index (κ1) is 29.5. The molecule has 3 rings (SSSR count). The van der Waals surface area contributed by atoms with Gasteiger partial charge in [0.05, 0.1) is 10.6 Å². The molecule has 0 aliphatic carbocycles. The van der Waals surface area contributed by atoms with E-state index in [1.807, 2.05) is 26.0 Å². The number of anilines is 1. The Morgan fingerprint density at radius 1 is 0.921 bits per heavy atom. The summed E-state index contributed by atoms with van der Waals surface area (Å²) in [5.74, 6) is -0.723. The van der Waals surface area contributed by atoms with Gasteiger partial charge >= 0.3 is 0 Å². The van der Waals surface area contributed by atoms with Gasteiger partial charge < -0.3 is 10.2 Å². The Bertz CT molecular complexity index is 1380. The SMILES string of the molecule is CNC(=O)[C@@H](C)N(Cc1ccc(Cl)cc1Cl)C(=O)CN(c1ccc(C(C)C)cc1)S(=O)(=O)c1ccccc1. The fourth-order valence-electron chi connectivity index (χ4n) is 3.90. The van der Waals surface area contributed by atoms with Crippen molar-refractivity contribution in [1.82, 2.24) is 10.2 Å². The molecule has 0 saturated heterocycles. The number of carbonyl (C=O) groups is 2. The lowest BCUT2D eigenvalue weighted by atomic mass is 10.0. The Morgan fingerprint density at radius 2 is 1.55 bits per heavy atom. The summed E-state index contributed by atoms with van der Waals surface area (Å²) in [6.45, 7) is 5.11. The van der Waals surface area contributed by atoms with Gasteiger partial charge in [0.1, 0.15) is 12.6 Å². The zero-order valence-electron chi connectivity index (χ0n) is 21.7. The summed E-state index contributed by atoms with van der Waals surface area (Å²) in [5, 5.41) is 3.31. The van der Waals surface area contributed by atoms with E-state index in [1.165, 1.54) is 24.1 Å². The molecule has 38 heavy (non-hydrogen) atoms. The maximum atomic E-state index is 13.8. The summed E-state index contributed by atoms with van der Waals surface area (Å²) in [4.78, 5) is 27.7. The molecule has 3 aromatic rings. The molecule has 7 nitrogen and oxygen atoms in total. The van der Waals surface area contributed by atoms with E-state index in [1.54, 1.807) is 55.5 Å². The molecule has 1 atom stereocenters. The van der Waals surface area contributed by atoms with Gasteiger partial charge in [0.25, 0.3) is 10.0 Å². The average molecular weight is 577 g/mol. The topological polar surface area (TPSA) is 86.8 Å². The van der Waals surface area contributed by atoms with Crippen LogP contribution in [0.1, 0.15) is 37.8 Å².